The molecule has 0 radical (unpaired) electrons. The van der Waals surface area contributed by atoms with Crippen LogP contribution in [0.1, 0.15) is 33.3 Å². The quantitative estimate of drug-likeness (QED) is 0.803. The van der Waals surface area contributed by atoms with Crippen molar-refractivity contribution in [1.29, 1.82) is 0 Å². The van der Waals surface area contributed by atoms with Gasteiger partial charge in [0.2, 0.25) is 0 Å². The number of nitrogens with one attached hydrogen (secondary N) is 1. The van der Waals surface area contributed by atoms with Crippen molar-refractivity contribution < 1.29 is 9.53 Å². The van der Waals surface area contributed by atoms with Crippen LogP contribution in [0.15, 0.2) is 12.4 Å². The Morgan fingerprint density at radius 1 is 1.59 bits per heavy atom. The van der Waals surface area contributed by atoms with E-state index in [-0.39, 0.29) is 12.0 Å². The average molecular weight is 239 g/mol. The van der Waals surface area contributed by atoms with Crippen LogP contribution in [0.2, 0.25) is 0 Å². The molecule has 17 heavy (non-hydrogen) atoms. The molecule has 0 saturated heterocycles. The molecule has 96 valence electrons. The number of esters is 1. The van der Waals surface area contributed by atoms with Crippen molar-refractivity contribution in [2.45, 2.75) is 45.9 Å². The van der Waals surface area contributed by atoms with Gasteiger partial charge < -0.3 is 10.1 Å². The summed E-state index contributed by atoms with van der Waals surface area (Å²) in [4.78, 5) is 11.7. The molecule has 1 heterocycles. The van der Waals surface area contributed by atoms with Crippen molar-refractivity contribution in [2.24, 2.45) is 7.05 Å². The van der Waals surface area contributed by atoms with Crippen molar-refractivity contribution in [3.05, 3.63) is 18.0 Å². The van der Waals surface area contributed by atoms with E-state index in [2.05, 4.69) is 10.4 Å². The first-order valence-corrected chi connectivity index (χ1v) is 5.72. The monoisotopic (exact) mass is 239 g/mol. The Bertz CT molecular complexity index is 379. The number of carbonyl (C=O) groups excluding carboxylic acids is 1. The van der Waals surface area contributed by atoms with Crippen LogP contribution in [0.25, 0.3) is 0 Å². The average Bonchev–Trinajstić information content (AvgIpc) is 2.58. The molecule has 1 aromatic heterocycles. The van der Waals surface area contributed by atoms with E-state index in [4.69, 9.17) is 4.74 Å². The molecule has 0 fully saturated rings. The molecule has 0 spiro atoms. The smallest absolute Gasteiger partial charge is 0.323 e. The van der Waals surface area contributed by atoms with Gasteiger partial charge >= 0.3 is 5.97 Å². The summed E-state index contributed by atoms with van der Waals surface area (Å²) in [6, 6.07) is -0.325. The van der Waals surface area contributed by atoms with Gasteiger partial charge in [0.05, 0.1) is 6.20 Å². The molecule has 0 aliphatic rings. The summed E-state index contributed by atoms with van der Waals surface area (Å²) in [5, 5.41) is 7.17. The lowest BCUT2D eigenvalue weighted by Gasteiger charge is -2.22. The van der Waals surface area contributed by atoms with Gasteiger partial charge in [-0.05, 0) is 27.7 Å². The fourth-order valence-electron chi connectivity index (χ4n) is 1.31. The molecular formula is C12H21N3O2. The third-order valence-corrected chi connectivity index (χ3v) is 2.13. The highest BCUT2D eigenvalue weighted by Crippen LogP contribution is 2.08. The molecule has 1 atom stereocenters. The molecule has 1 aromatic rings. The van der Waals surface area contributed by atoms with Crippen LogP contribution in [0.5, 0.6) is 0 Å². The highest BCUT2D eigenvalue weighted by atomic mass is 16.6. The third-order valence-electron chi connectivity index (χ3n) is 2.13. The Labute approximate surface area is 102 Å². The van der Waals surface area contributed by atoms with Gasteiger partial charge in [0, 0.05) is 25.4 Å². The number of ether oxygens (including phenoxy) is 1. The number of nitrogens with zero attached hydrogens (tertiary/aromatic N) is 2. The lowest BCUT2D eigenvalue weighted by molar-refractivity contribution is -0.157. The maximum atomic E-state index is 11.7. The van der Waals surface area contributed by atoms with Crippen molar-refractivity contribution >= 4 is 5.97 Å². The summed E-state index contributed by atoms with van der Waals surface area (Å²) in [5.74, 6) is -0.235. The lowest BCUT2D eigenvalue weighted by atomic mass is 10.2. The topological polar surface area (TPSA) is 56.2 Å². The largest absolute Gasteiger partial charge is 0.459 e. The van der Waals surface area contributed by atoms with Gasteiger partial charge in [-0.1, -0.05) is 0 Å². The van der Waals surface area contributed by atoms with Gasteiger partial charge in [-0.2, -0.15) is 5.10 Å². The zero-order valence-electron chi connectivity index (χ0n) is 11.2. The maximum absolute atomic E-state index is 11.7. The van der Waals surface area contributed by atoms with Gasteiger partial charge in [-0.3, -0.25) is 9.48 Å². The zero-order chi connectivity index (χ0) is 13.1. The van der Waals surface area contributed by atoms with Crippen LogP contribution in [0, 0.1) is 0 Å². The van der Waals surface area contributed by atoms with E-state index < -0.39 is 5.60 Å². The Morgan fingerprint density at radius 2 is 2.24 bits per heavy atom. The van der Waals surface area contributed by atoms with E-state index in [0.29, 0.717) is 6.54 Å². The number of hydrogen-bond acceptors (Lipinski definition) is 4. The number of rotatable bonds is 4. The first-order chi connectivity index (χ1) is 7.78. The van der Waals surface area contributed by atoms with E-state index in [0.717, 1.165) is 5.56 Å². The fraction of sp³-hybridized carbons (Fsp3) is 0.667. The molecule has 1 N–H and O–H groups in total. The molecule has 0 amide bonds. The molecule has 1 rings (SSSR count). The van der Waals surface area contributed by atoms with Gasteiger partial charge in [-0.25, -0.2) is 0 Å². The van der Waals surface area contributed by atoms with Crippen LogP contribution in [0.3, 0.4) is 0 Å². The molecule has 5 heteroatoms. The Hall–Kier alpha value is -1.36. The molecule has 0 aliphatic heterocycles. The number of aryl methyl sites for hydroxylation is 1. The van der Waals surface area contributed by atoms with Crippen LogP contribution < -0.4 is 5.32 Å². The molecule has 5 nitrogen and oxygen atoms in total. The highest BCUT2D eigenvalue weighted by Gasteiger charge is 2.21. The standard InChI is InChI=1S/C12H21N3O2/c1-9(11(16)17-12(2,3)4)13-6-10-7-14-15(5)8-10/h7-9,13H,6H2,1-5H3. The van der Waals surface area contributed by atoms with Crippen LogP contribution in [-0.2, 0) is 23.1 Å². The van der Waals surface area contributed by atoms with Crippen LogP contribution in [0.4, 0.5) is 0 Å². The summed E-state index contributed by atoms with van der Waals surface area (Å²) in [6.45, 7) is 7.98. The molecule has 0 saturated carbocycles. The Balaban J connectivity index is 2.39. The van der Waals surface area contributed by atoms with E-state index in [1.165, 1.54) is 0 Å². The van der Waals surface area contributed by atoms with Crippen molar-refractivity contribution in [3.63, 3.8) is 0 Å². The summed E-state index contributed by atoms with van der Waals surface area (Å²) in [5.41, 5.74) is 0.601. The summed E-state index contributed by atoms with van der Waals surface area (Å²) in [6.07, 6.45) is 3.68. The van der Waals surface area contributed by atoms with Crippen LogP contribution >= 0.6 is 0 Å². The molecule has 0 bridgehead atoms. The first kappa shape index (κ1) is 13.7. The van der Waals surface area contributed by atoms with Gasteiger partial charge in [0.15, 0.2) is 0 Å². The van der Waals surface area contributed by atoms with Crippen LogP contribution in [-0.4, -0.2) is 27.4 Å². The first-order valence-electron chi connectivity index (χ1n) is 5.72. The minimum absolute atomic E-state index is 0.235. The van der Waals surface area contributed by atoms with Crippen molar-refractivity contribution in [3.8, 4) is 0 Å². The van der Waals surface area contributed by atoms with Crippen molar-refractivity contribution in [2.75, 3.05) is 0 Å². The van der Waals surface area contributed by atoms with E-state index in [1.54, 1.807) is 17.8 Å². The minimum Gasteiger partial charge on any atom is -0.459 e. The maximum Gasteiger partial charge on any atom is 0.323 e. The SMILES string of the molecule is CC(NCc1cnn(C)c1)C(=O)OC(C)(C)C. The predicted octanol–water partition coefficient (Wildman–Crippen LogP) is 1.24. The third kappa shape index (κ3) is 4.99. The summed E-state index contributed by atoms with van der Waals surface area (Å²) in [7, 11) is 1.86. The van der Waals surface area contributed by atoms with E-state index in [9.17, 15) is 4.79 Å². The van der Waals surface area contributed by atoms with Gasteiger partial charge in [0.25, 0.3) is 0 Å². The second-order valence-corrected chi connectivity index (χ2v) is 5.16. The van der Waals surface area contributed by atoms with E-state index >= 15 is 0 Å². The second-order valence-electron chi connectivity index (χ2n) is 5.16. The predicted molar refractivity (Wildman–Crippen MR) is 65.4 cm³/mol. The molecular weight excluding hydrogens is 218 g/mol. The molecule has 0 aliphatic carbocycles. The summed E-state index contributed by atoms with van der Waals surface area (Å²) < 4.78 is 7.00. The zero-order valence-corrected chi connectivity index (χ0v) is 11.2. The fourth-order valence-corrected chi connectivity index (χ4v) is 1.31. The number of aromatic nitrogens is 2. The number of carbonyl (C=O) groups is 1. The molecule has 0 aromatic carbocycles. The lowest BCUT2D eigenvalue weighted by Crippen LogP contribution is -2.38. The van der Waals surface area contributed by atoms with Crippen molar-refractivity contribution in [1.82, 2.24) is 15.1 Å². The minimum atomic E-state index is -0.443. The highest BCUT2D eigenvalue weighted by molar-refractivity contribution is 5.75. The number of hydrogen-bond donors (Lipinski definition) is 1. The van der Waals surface area contributed by atoms with Gasteiger partial charge in [0.1, 0.15) is 11.6 Å². The summed E-state index contributed by atoms with van der Waals surface area (Å²) >= 11 is 0. The second kappa shape index (κ2) is 5.31. The van der Waals surface area contributed by atoms with Gasteiger partial charge in [-0.15, -0.1) is 0 Å². The Kier molecular flexibility index (Phi) is 4.28. The van der Waals surface area contributed by atoms with E-state index in [1.807, 2.05) is 34.0 Å². The Morgan fingerprint density at radius 3 is 2.71 bits per heavy atom. The normalized spacial score (nSPS) is 13.5. The molecule has 1 unspecified atom stereocenters.